The first-order valence-corrected chi connectivity index (χ1v) is 5.92. The van der Waals surface area contributed by atoms with Crippen LogP contribution in [0.4, 0.5) is 0 Å². The number of rotatable bonds is 1. The molecule has 0 aliphatic carbocycles. The van der Waals surface area contributed by atoms with Gasteiger partial charge >= 0.3 is 0 Å². The van der Waals surface area contributed by atoms with E-state index < -0.39 is 10.0 Å². The van der Waals surface area contributed by atoms with Crippen LogP contribution in [0.2, 0.25) is 0 Å². The van der Waals surface area contributed by atoms with Gasteiger partial charge < -0.3 is 0 Å². The highest BCUT2D eigenvalue weighted by molar-refractivity contribution is 7.89. The van der Waals surface area contributed by atoms with E-state index in [4.69, 9.17) is 5.14 Å². The Morgan fingerprint density at radius 2 is 1.79 bits per heavy atom. The van der Waals surface area contributed by atoms with Crippen molar-refractivity contribution in [2.45, 2.75) is 32.7 Å². The van der Waals surface area contributed by atoms with Crippen molar-refractivity contribution in [1.82, 2.24) is 4.98 Å². The fourth-order valence-corrected chi connectivity index (χ4v) is 1.71. The van der Waals surface area contributed by atoms with Crippen LogP contribution in [0, 0.1) is 13.8 Å². The third-order valence-electron chi connectivity index (χ3n) is 1.44. The van der Waals surface area contributed by atoms with Crippen LogP contribution in [-0.4, -0.2) is 13.4 Å². The molecule has 0 unspecified atom stereocenters. The molecule has 0 amide bonds. The zero-order chi connectivity index (χ0) is 11.4. The zero-order valence-electron chi connectivity index (χ0n) is 8.90. The van der Waals surface area contributed by atoms with Gasteiger partial charge in [0.15, 0.2) is 5.03 Å². The Balaban J connectivity index is 0.000000791. The second kappa shape index (κ2) is 5.07. The molecule has 0 saturated heterocycles. The highest BCUT2D eigenvalue weighted by atomic mass is 32.2. The number of nitrogens with zero attached hydrogens (tertiary/aromatic N) is 1. The summed E-state index contributed by atoms with van der Waals surface area (Å²) in [5.74, 6) is 0. The summed E-state index contributed by atoms with van der Waals surface area (Å²) >= 11 is 0. The second-order valence-electron chi connectivity index (χ2n) is 2.68. The molecule has 0 saturated carbocycles. The average molecular weight is 216 g/mol. The van der Waals surface area contributed by atoms with E-state index in [1.54, 1.807) is 13.0 Å². The molecule has 0 aliphatic rings. The van der Waals surface area contributed by atoms with Gasteiger partial charge in [-0.15, -0.1) is 0 Å². The van der Waals surface area contributed by atoms with Gasteiger partial charge in [-0.25, -0.2) is 18.5 Å². The lowest BCUT2D eigenvalue weighted by atomic mass is 10.2. The molecule has 0 fully saturated rings. The Bertz CT molecular complexity index is 399. The van der Waals surface area contributed by atoms with Crippen molar-refractivity contribution >= 4 is 10.0 Å². The third-order valence-corrected chi connectivity index (χ3v) is 2.40. The molecule has 0 spiro atoms. The normalized spacial score (nSPS) is 10.4. The van der Waals surface area contributed by atoms with Crippen molar-refractivity contribution in [2.24, 2.45) is 5.14 Å². The lowest BCUT2D eigenvalue weighted by Gasteiger charge is -2.01. The molecule has 0 atom stereocenters. The van der Waals surface area contributed by atoms with E-state index in [9.17, 15) is 8.42 Å². The largest absolute Gasteiger partial charge is 0.255 e. The standard InChI is InChI=1S/C7H10N2O2S.C2H6/c1-5-3-6(2)7(9-4-5)12(8,10)11;1-2/h3-4H,1-2H3,(H2,8,10,11);1-2H3. The van der Waals surface area contributed by atoms with Gasteiger partial charge in [-0.1, -0.05) is 19.9 Å². The second-order valence-corrected chi connectivity index (χ2v) is 4.16. The van der Waals surface area contributed by atoms with Gasteiger partial charge in [0.25, 0.3) is 10.0 Å². The summed E-state index contributed by atoms with van der Waals surface area (Å²) in [5.41, 5.74) is 1.50. The quantitative estimate of drug-likeness (QED) is 0.770. The van der Waals surface area contributed by atoms with Crippen LogP contribution >= 0.6 is 0 Å². The maximum atomic E-state index is 10.9. The molecule has 0 radical (unpaired) electrons. The maximum Gasteiger partial charge on any atom is 0.255 e. The number of primary sulfonamides is 1. The highest BCUT2D eigenvalue weighted by Gasteiger charge is 2.12. The lowest BCUT2D eigenvalue weighted by molar-refractivity contribution is 0.593. The van der Waals surface area contributed by atoms with Crippen molar-refractivity contribution < 1.29 is 8.42 Å². The molecule has 80 valence electrons. The van der Waals surface area contributed by atoms with Gasteiger partial charge in [-0.05, 0) is 25.0 Å². The minimum atomic E-state index is -3.66. The lowest BCUT2D eigenvalue weighted by Crippen LogP contribution is -2.15. The first-order chi connectivity index (χ1) is 6.41. The summed E-state index contributed by atoms with van der Waals surface area (Å²) in [6.45, 7) is 7.51. The maximum absolute atomic E-state index is 10.9. The highest BCUT2D eigenvalue weighted by Crippen LogP contribution is 2.10. The van der Waals surface area contributed by atoms with Crippen LogP contribution in [0.25, 0.3) is 0 Å². The predicted octanol–water partition coefficient (Wildman–Crippen LogP) is 1.37. The number of nitrogens with two attached hydrogens (primary N) is 1. The SMILES string of the molecule is CC.Cc1cnc(S(N)(=O)=O)c(C)c1. The molecule has 14 heavy (non-hydrogen) atoms. The first kappa shape index (κ1) is 13.1. The monoisotopic (exact) mass is 216 g/mol. The van der Waals surface area contributed by atoms with E-state index in [-0.39, 0.29) is 5.03 Å². The Morgan fingerprint density at radius 1 is 1.29 bits per heavy atom. The van der Waals surface area contributed by atoms with Gasteiger partial charge in [0, 0.05) is 6.20 Å². The van der Waals surface area contributed by atoms with Crippen LogP contribution in [0.15, 0.2) is 17.3 Å². The molecule has 0 aliphatic heterocycles. The molecule has 2 N–H and O–H groups in total. The number of hydrogen-bond donors (Lipinski definition) is 1. The van der Waals surface area contributed by atoms with Crippen LogP contribution < -0.4 is 5.14 Å². The fourth-order valence-electron chi connectivity index (χ4n) is 1.00. The Hall–Kier alpha value is -0.940. The molecule has 5 heteroatoms. The number of aryl methyl sites for hydroxylation is 2. The molecule has 0 aromatic carbocycles. The van der Waals surface area contributed by atoms with E-state index in [1.165, 1.54) is 6.20 Å². The van der Waals surface area contributed by atoms with E-state index in [0.717, 1.165) is 5.56 Å². The van der Waals surface area contributed by atoms with E-state index >= 15 is 0 Å². The summed E-state index contributed by atoms with van der Waals surface area (Å²) in [7, 11) is -3.66. The molecular formula is C9H16N2O2S. The Morgan fingerprint density at radius 3 is 2.14 bits per heavy atom. The van der Waals surface area contributed by atoms with Gasteiger partial charge in [-0.2, -0.15) is 0 Å². The number of aromatic nitrogens is 1. The summed E-state index contributed by atoms with van der Waals surface area (Å²) in [5, 5.41) is 4.87. The first-order valence-electron chi connectivity index (χ1n) is 4.37. The minimum Gasteiger partial charge on any atom is -0.243 e. The van der Waals surface area contributed by atoms with Crippen molar-refractivity contribution in [3.05, 3.63) is 23.4 Å². The number of sulfonamides is 1. The van der Waals surface area contributed by atoms with Crippen LogP contribution in [0.5, 0.6) is 0 Å². The number of hydrogen-bond acceptors (Lipinski definition) is 3. The minimum absolute atomic E-state index is 0.0481. The fraction of sp³-hybridized carbons (Fsp3) is 0.444. The summed E-state index contributed by atoms with van der Waals surface area (Å²) < 4.78 is 21.8. The molecule has 1 aromatic rings. The van der Waals surface area contributed by atoms with E-state index in [1.807, 2.05) is 20.8 Å². The van der Waals surface area contributed by atoms with E-state index in [0.29, 0.717) is 5.56 Å². The summed E-state index contributed by atoms with van der Waals surface area (Å²) in [4.78, 5) is 3.74. The average Bonchev–Trinajstić information content (AvgIpc) is 2.05. The van der Waals surface area contributed by atoms with Crippen molar-refractivity contribution in [1.29, 1.82) is 0 Å². The predicted molar refractivity (Wildman–Crippen MR) is 56.4 cm³/mol. The Kier molecular flexibility index (Phi) is 4.73. The zero-order valence-corrected chi connectivity index (χ0v) is 9.72. The molecule has 1 heterocycles. The van der Waals surface area contributed by atoms with Gasteiger partial charge in [0.2, 0.25) is 0 Å². The van der Waals surface area contributed by atoms with Gasteiger partial charge in [0.05, 0.1) is 0 Å². The van der Waals surface area contributed by atoms with Gasteiger partial charge in [-0.3, -0.25) is 0 Å². The molecule has 1 rings (SSSR count). The topological polar surface area (TPSA) is 73.0 Å². The van der Waals surface area contributed by atoms with Gasteiger partial charge in [0.1, 0.15) is 0 Å². The van der Waals surface area contributed by atoms with Crippen LogP contribution in [0.3, 0.4) is 0 Å². The smallest absolute Gasteiger partial charge is 0.243 e. The molecule has 4 nitrogen and oxygen atoms in total. The molecule has 0 bridgehead atoms. The summed E-state index contributed by atoms with van der Waals surface area (Å²) in [6.07, 6.45) is 1.48. The van der Waals surface area contributed by atoms with E-state index in [2.05, 4.69) is 4.98 Å². The van der Waals surface area contributed by atoms with Crippen molar-refractivity contribution in [2.75, 3.05) is 0 Å². The van der Waals surface area contributed by atoms with Crippen LogP contribution in [0.1, 0.15) is 25.0 Å². The van der Waals surface area contributed by atoms with Crippen molar-refractivity contribution in [3.63, 3.8) is 0 Å². The molecular weight excluding hydrogens is 200 g/mol. The third kappa shape index (κ3) is 3.43. The molecule has 1 aromatic heterocycles. The van der Waals surface area contributed by atoms with Crippen LogP contribution in [-0.2, 0) is 10.0 Å². The van der Waals surface area contributed by atoms with Crippen molar-refractivity contribution in [3.8, 4) is 0 Å². The summed E-state index contributed by atoms with van der Waals surface area (Å²) in [6, 6.07) is 1.73. The Labute approximate surface area is 85.2 Å². The number of pyridine rings is 1.